The third kappa shape index (κ3) is 10.4. The van der Waals surface area contributed by atoms with Gasteiger partial charge >= 0.3 is 11.9 Å². The van der Waals surface area contributed by atoms with Crippen molar-refractivity contribution in [2.45, 2.75) is 97.1 Å². The van der Waals surface area contributed by atoms with Crippen LogP contribution in [0.1, 0.15) is 117 Å². The highest BCUT2D eigenvalue weighted by molar-refractivity contribution is 7.17. The number of carboxylic acid groups (broad SMARTS) is 1. The van der Waals surface area contributed by atoms with Crippen LogP contribution in [0.15, 0.2) is 72.8 Å². The van der Waals surface area contributed by atoms with E-state index < -0.39 is 5.97 Å². The van der Waals surface area contributed by atoms with Crippen molar-refractivity contribution in [1.82, 2.24) is 4.90 Å². The van der Waals surface area contributed by atoms with Crippen molar-refractivity contribution in [3.63, 3.8) is 0 Å². The molecule has 284 valence electrons. The lowest BCUT2D eigenvalue weighted by Crippen LogP contribution is -2.39. The third-order valence-corrected chi connectivity index (χ3v) is 11.1. The number of hydrogen-bond acceptors (Lipinski definition) is 7. The number of carbonyl (C=O) groups excluding carboxylic acids is 4. The summed E-state index contributed by atoms with van der Waals surface area (Å²) < 4.78 is 4.77. The summed E-state index contributed by atoms with van der Waals surface area (Å²) >= 11 is 1.46. The van der Waals surface area contributed by atoms with E-state index in [-0.39, 0.29) is 49.1 Å². The highest BCUT2D eigenvalue weighted by Crippen LogP contribution is 2.39. The van der Waals surface area contributed by atoms with Gasteiger partial charge in [0.2, 0.25) is 5.91 Å². The van der Waals surface area contributed by atoms with Crippen LogP contribution in [0.2, 0.25) is 0 Å². The first-order chi connectivity index (χ1) is 26.1. The van der Waals surface area contributed by atoms with Crippen molar-refractivity contribution < 1.29 is 33.8 Å². The van der Waals surface area contributed by atoms with Crippen LogP contribution in [0.5, 0.6) is 0 Å². The molecule has 54 heavy (non-hydrogen) atoms. The molecule has 4 aromatic rings. The number of fused-ring (bicyclic) bond motifs is 1. The Morgan fingerprint density at radius 1 is 0.796 bits per heavy atom. The van der Waals surface area contributed by atoms with E-state index in [0.29, 0.717) is 27.4 Å². The maximum Gasteiger partial charge on any atom is 0.337 e. The molecule has 5 rings (SSSR count). The standard InChI is InChI=1S/C43H49N3O7S/c1-4-34(5-2)46(37(47)24-25-38(48)49)27-30-12-9-13-32(26-30)40(50)45-42-39(35-14-6-7-15-36(35)54-42)41(51)44-33-22-18-29(19-23-33)11-8-10-28-16-20-31(21-17-28)43(52)53-3/h9,12-13,16-23,26,34H,4-8,10-11,14-15,24-25,27H2,1-3H3,(H,44,51)(H,45,50)(H,48,49). The summed E-state index contributed by atoms with van der Waals surface area (Å²) in [6.45, 7) is 4.26. The number of benzene rings is 3. The topological polar surface area (TPSA) is 142 Å². The predicted octanol–water partition coefficient (Wildman–Crippen LogP) is 8.48. The zero-order valence-corrected chi connectivity index (χ0v) is 32.1. The Morgan fingerprint density at radius 3 is 2.11 bits per heavy atom. The molecule has 10 nitrogen and oxygen atoms in total. The van der Waals surface area contributed by atoms with Crippen LogP contribution in [0.3, 0.4) is 0 Å². The van der Waals surface area contributed by atoms with Gasteiger partial charge in [0, 0.05) is 35.1 Å². The Morgan fingerprint density at radius 2 is 1.46 bits per heavy atom. The van der Waals surface area contributed by atoms with Gasteiger partial charge in [-0.15, -0.1) is 11.3 Å². The molecule has 11 heteroatoms. The minimum atomic E-state index is -1.02. The van der Waals surface area contributed by atoms with E-state index in [1.54, 1.807) is 35.2 Å². The zero-order chi connectivity index (χ0) is 38.6. The van der Waals surface area contributed by atoms with Gasteiger partial charge in [0.15, 0.2) is 0 Å². The number of nitrogens with one attached hydrogen (secondary N) is 2. The van der Waals surface area contributed by atoms with Gasteiger partial charge in [0.1, 0.15) is 5.00 Å². The van der Waals surface area contributed by atoms with E-state index in [0.717, 1.165) is 84.9 Å². The van der Waals surface area contributed by atoms with Crippen LogP contribution < -0.4 is 10.6 Å². The molecule has 0 fully saturated rings. The van der Waals surface area contributed by atoms with Gasteiger partial charge in [0.25, 0.3) is 11.8 Å². The molecule has 0 saturated heterocycles. The molecule has 1 aliphatic carbocycles. The second-order valence-corrected chi connectivity index (χ2v) is 14.8. The third-order valence-electron chi connectivity index (χ3n) is 9.94. The average molecular weight is 752 g/mol. The molecule has 1 aromatic heterocycles. The summed E-state index contributed by atoms with van der Waals surface area (Å²) in [6.07, 6.45) is 7.43. The van der Waals surface area contributed by atoms with E-state index in [2.05, 4.69) is 10.6 Å². The normalized spacial score (nSPS) is 12.1. The number of thiophene rings is 1. The van der Waals surface area contributed by atoms with Crippen LogP contribution in [-0.4, -0.2) is 52.8 Å². The first kappa shape index (κ1) is 39.9. The number of methoxy groups -OCH3 is 1. The van der Waals surface area contributed by atoms with Crippen molar-refractivity contribution in [2.24, 2.45) is 0 Å². The zero-order valence-electron chi connectivity index (χ0n) is 31.2. The van der Waals surface area contributed by atoms with Gasteiger partial charge in [-0.3, -0.25) is 19.2 Å². The van der Waals surface area contributed by atoms with Crippen molar-refractivity contribution in [1.29, 1.82) is 0 Å². The summed E-state index contributed by atoms with van der Waals surface area (Å²) in [7, 11) is 1.37. The minimum absolute atomic E-state index is 0.0522. The number of rotatable bonds is 17. The second-order valence-electron chi connectivity index (χ2n) is 13.6. The Balaban J connectivity index is 1.25. The van der Waals surface area contributed by atoms with Crippen LogP contribution in [0.25, 0.3) is 0 Å². The first-order valence-corrected chi connectivity index (χ1v) is 19.5. The monoisotopic (exact) mass is 751 g/mol. The van der Waals surface area contributed by atoms with E-state index in [1.165, 1.54) is 18.4 Å². The summed E-state index contributed by atoms with van der Waals surface area (Å²) in [5, 5.41) is 15.7. The highest BCUT2D eigenvalue weighted by Gasteiger charge is 2.27. The number of nitrogens with zero attached hydrogens (tertiary/aromatic N) is 1. The molecular formula is C43H49N3O7S. The quantitative estimate of drug-likeness (QED) is 0.0919. The van der Waals surface area contributed by atoms with Gasteiger partial charge in [-0.25, -0.2) is 4.79 Å². The molecule has 0 saturated carbocycles. The fraction of sp³-hybridized carbons (Fsp3) is 0.372. The first-order valence-electron chi connectivity index (χ1n) is 18.7. The maximum absolute atomic E-state index is 13.9. The summed E-state index contributed by atoms with van der Waals surface area (Å²) in [6, 6.07) is 22.3. The molecule has 0 unspecified atom stereocenters. The van der Waals surface area contributed by atoms with Gasteiger partial charge in [-0.05, 0) is 116 Å². The molecule has 0 atom stereocenters. The molecule has 0 spiro atoms. The number of hydrogen-bond donors (Lipinski definition) is 3. The van der Waals surface area contributed by atoms with Crippen molar-refractivity contribution in [3.8, 4) is 0 Å². The van der Waals surface area contributed by atoms with Crippen LogP contribution >= 0.6 is 11.3 Å². The predicted molar refractivity (Wildman–Crippen MR) is 211 cm³/mol. The lowest BCUT2D eigenvalue weighted by atomic mass is 9.95. The van der Waals surface area contributed by atoms with Gasteiger partial charge < -0.3 is 25.4 Å². The summed E-state index contributed by atoms with van der Waals surface area (Å²) in [5.41, 5.74) is 6.16. The lowest BCUT2D eigenvalue weighted by Gasteiger charge is -2.31. The summed E-state index contributed by atoms with van der Waals surface area (Å²) in [5.74, 6) is -2.20. The number of carbonyl (C=O) groups is 5. The number of ether oxygens (including phenoxy) is 1. The number of esters is 1. The Kier molecular flexibility index (Phi) is 14.2. The number of aryl methyl sites for hydroxylation is 3. The van der Waals surface area contributed by atoms with Gasteiger partial charge in [-0.1, -0.05) is 50.2 Å². The molecule has 3 aromatic carbocycles. The van der Waals surface area contributed by atoms with Crippen molar-refractivity contribution >= 4 is 51.7 Å². The summed E-state index contributed by atoms with van der Waals surface area (Å²) in [4.78, 5) is 66.3. The van der Waals surface area contributed by atoms with Crippen LogP contribution in [0.4, 0.5) is 10.7 Å². The molecule has 3 amide bonds. The molecule has 1 aliphatic rings. The number of amides is 3. The molecule has 3 N–H and O–H groups in total. The van der Waals surface area contributed by atoms with E-state index >= 15 is 0 Å². The van der Waals surface area contributed by atoms with Gasteiger partial charge in [0.05, 0.1) is 24.7 Å². The van der Waals surface area contributed by atoms with Crippen molar-refractivity contribution in [3.05, 3.63) is 117 Å². The van der Waals surface area contributed by atoms with E-state index in [1.807, 2.05) is 56.3 Å². The smallest absolute Gasteiger partial charge is 0.337 e. The SMILES string of the molecule is CCC(CC)N(Cc1cccc(C(=O)Nc2sc3c(c2C(=O)Nc2ccc(CCCc4ccc(C(=O)OC)cc4)cc2)CCCC3)c1)C(=O)CCC(=O)O. The Hall–Kier alpha value is -5.29. The molecule has 0 bridgehead atoms. The van der Waals surface area contributed by atoms with Crippen molar-refractivity contribution in [2.75, 3.05) is 17.7 Å². The maximum atomic E-state index is 13.9. The number of anilines is 2. The molecular weight excluding hydrogens is 703 g/mol. The lowest BCUT2D eigenvalue weighted by molar-refractivity contribution is -0.142. The van der Waals surface area contributed by atoms with Gasteiger partial charge in [-0.2, -0.15) is 0 Å². The van der Waals surface area contributed by atoms with Crippen LogP contribution in [-0.2, 0) is 46.6 Å². The molecule has 1 heterocycles. The number of aliphatic carboxylic acids is 1. The number of carboxylic acids is 1. The fourth-order valence-corrected chi connectivity index (χ4v) is 8.24. The second kappa shape index (κ2) is 19.2. The molecule has 0 aliphatic heterocycles. The minimum Gasteiger partial charge on any atom is -0.481 e. The van der Waals surface area contributed by atoms with E-state index in [4.69, 9.17) is 9.84 Å². The largest absolute Gasteiger partial charge is 0.481 e. The van der Waals surface area contributed by atoms with E-state index in [9.17, 15) is 24.0 Å². The Labute approximate surface area is 320 Å². The average Bonchev–Trinajstić information content (AvgIpc) is 3.55. The van der Waals surface area contributed by atoms with Crippen LogP contribution in [0, 0.1) is 0 Å². The Bertz CT molecular complexity index is 1950. The molecule has 0 radical (unpaired) electrons. The highest BCUT2D eigenvalue weighted by atomic mass is 32.1. The fourth-order valence-electron chi connectivity index (χ4n) is 6.96.